The van der Waals surface area contributed by atoms with E-state index in [0.717, 1.165) is 30.2 Å². The molecule has 100 valence electrons. The van der Waals surface area contributed by atoms with E-state index in [1.54, 1.807) is 11.8 Å². The van der Waals surface area contributed by atoms with E-state index >= 15 is 0 Å². The molecule has 1 aromatic heterocycles. The zero-order valence-corrected chi connectivity index (χ0v) is 12.2. The van der Waals surface area contributed by atoms with E-state index in [2.05, 4.69) is 53.4 Å². The van der Waals surface area contributed by atoms with Gasteiger partial charge in [0.05, 0.1) is 0 Å². The van der Waals surface area contributed by atoms with Gasteiger partial charge in [-0.05, 0) is 43.8 Å². The van der Waals surface area contributed by atoms with Crippen molar-refractivity contribution < 1.29 is 0 Å². The molecule has 0 unspecified atom stereocenters. The molecule has 1 N–H and O–H groups in total. The summed E-state index contributed by atoms with van der Waals surface area (Å²) in [6, 6.07) is 8.37. The Morgan fingerprint density at radius 1 is 1.21 bits per heavy atom. The van der Waals surface area contributed by atoms with E-state index < -0.39 is 0 Å². The minimum atomic E-state index is 0.796. The van der Waals surface area contributed by atoms with Gasteiger partial charge in [-0.15, -0.1) is 0 Å². The van der Waals surface area contributed by atoms with Crippen molar-refractivity contribution in [2.45, 2.75) is 36.9 Å². The van der Waals surface area contributed by atoms with E-state index in [0.29, 0.717) is 0 Å². The number of nitrogens with one attached hydrogen (secondary N) is 1. The number of hydrogen-bond acceptors (Lipinski definition) is 4. The summed E-state index contributed by atoms with van der Waals surface area (Å²) in [6.45, 7) is 6.11. The lowest BCUT2D eigenvalue weighted by atomic mass is 10.2. The Morgan fingerprint density at radius 2 is 2.00 bits per heavy atom. The first kappa shape index (κ1) is 14.0. The molecular weight excluding hydrogens is 254 g/mol. The molecule has 0 amide bonds. The summed E-state index contributed by atoms with van der Waals surface area (Å²) in [6.07, 6.45) is 4.93. The van der Waals surface area contributed by atoms with E-state index in [9.17, 15) is 0 Å². The van der Waals surface area contributed by atoms with Crippen molar-refractivity contribution in [1.82, 2.24) is 15.3 Å². The van der Waals surface area contributed by atoms with Crippen LogP contribution in [0.4, 0.5) is 0 Å². The average Bonchev–Trinajstić information content (AvgIpc) is 2.41. The number of benzene rings is 1. The van der Waals surface area contributed by atoms with Crippen LogP contribution < -0.4 is 5.32 Å². The average molecular weight is 273 g/mol. The van der Waals surface area contributed by atoms with Crippen molar-refractivity contribution >= 4 is 11.8 Å². The molecule has 0 aliphatic carbocycles. The molecule has 3 nitrogen and oxygen atoms in total. The number of nitrogens with zero attached hydrogens (tertiary/aromatic N) is 2. The fourth-order valence-corrected chi connectivity index (χ4v) is 2.49. The minimum Gasteiger partial charge on any atom is -0.313 e. The third kappa shape index (κ3) is 4.65. The second-order valence-electron chi connectivity index (χ2n) is 4.47. The van der Waals surface area contributed by atoms with Crippen LogP contribution in [0.2, 0.25) is 0 Å². The van der Waals surface area contributed by atoms with Gasteiger partial charge in [0, 0.05) is 29.4 Å². The highest BCUT2D eigenvalue weighted by atomic mass is 32.2. The molecule has 0 aliphatic heterocycles. The minimum absolute atomic E-state index is 0.796. The lowest BCUT2D eigenvalue weighted by molar-refractivity contribution is 0.669. The SMILES string of the molecule is CCCNCc1cnc(Sc2cccc(C)c2)nc1. The summed E-state index contributed by atoms with van der Waals surface area (Å²) in [7, 11) is 0. The van der Waals surface area contributed by atoms with Gasteiger partial charge < -0.3 is 5.32 Å². The van der Waals surface area contributed by atoms with Gasteiger partial charge in [-0.25, -0.2) is 9.97 Å². The van der Waals surface area contributed by atoms with Gasteiger partial charge in [-0.1, -0.05) is 24.6 Å². The van der Waals surface area contributed by atoms with Crippen molar-refractivity contribution in [3.63, 3.8) is 0 Å². The molecule has 0 aliphatic rings. The fourth-order valence-electron chi connectivity index (χ4n) is 1.68. The van der Waals surface area contributed by atoms with Gasteiger partial charge in [-0.2, -0.15) is 0 Å². The first-order valence-electron chi connectivity index (χ1n) is 6.54. The summed E-state index contributed by atoms with van der Waals surface area (Å²) >= 11 is 1.60. The van der Waals surface area contributed by atoms with Crippen molar-refractivity contribution in [3.05, 3.63) is 47.8 Å². The monoisotopic (exact) mass is 273 g/mol. The zero-order chi connectivity index (χ0) is 13.5. The molecule has 1 heterocycles. The highest BCUT2D eigenvalue weighted by molar-refractivity contribution is 7.99. The van der Waals surface area contributed by atoms with Crippen LogP contribution in [-0.4, -0.2) is 16.5 Å². The first-order valence-corrected chi connectivity index (χ1v) is 7.35. The van der Waals surface area contributed by atoms with Crippen LogP contribution >= 0.6 is 11.8 Å². The molecule has 0 saturated heterocycles. The van der Waals surface area contributed by atoms with Crippen LogP contribution in [0.25, 0.3) is 0 Å². The van der Waals surface area contributed by atoms with Crippen molar-refractivity contribution in [2.75, 3.05) is 6.54 Å². The van der Waals surface area contributed by atoms with Crippen LogP contribution in [0.15, 0.2) is 46.7 Å². The molecule has 2 rings (SSSR count). The lowest BCUT2D eigenvalue weighted by Gasteiger charge is -2.04. The molecule has 0 radical (unpaired) electrons. The van der Waals surface area contributed by atoms with Crippen LogP contribution in [0, 0.1) is 6.92 Å². The molecule has 4 heteroatoms. The smallest absolute Gasteiger partial charge is 0.192 e. The van der Waals surface area contributed by atoms with Gasteiger partial charge >= 0.3 is 0 Å². The third-order valence-electron chi connectivity index (χ3n) is 2.64. The maximum atomic E-state index is 4.39. The largest absolute Gasteiger partial charge is 0.313 e. The predicted octanol–water partition coefficient (Wildman–Crippen LogP) is 3.44. The van der Waals surface area contributed by atoms with Crippen molar-refractivity contribution in [1.29, 1.82) is 0 Å². The molecule has 2 aromatic rings. The Morgan fingerprint density at radius 3 is 2.68 bits per heavy atom. The summed E-state index contributed by atoms with van der Waals surface area (Å²) in [4.78, 5) is 9.97. The summed E-state index contributed by atoms with van der Waals surface area (Å²) in [5.74, 6) is 0. The topological polar surface area (TPSA) is 37.8 Å². The van der Waals surface area contributed by atoms with Crippen LogP contribution in [-0.2, 0) is 6.54 Å². The van der Waals surface area contributed by atoms with Crippen LogP contribution in [0.5, 0.6) is 0 Å². The molecule has 0 fully saturated rings. The summed E-state index contributed by atoms with van der Waals surface area (Å²) in [5.41, 5.74) is 2.38. The van der Waals surface area contributed by atoms with Gasteiger partial charge in [0.2, 0.25) is 0 Å². The van der Waals surface area contributed by atoms with Gasteiger partial charge in [0.25, 0.3) is 0 Å². The maximum Gasteiger partial charge on any atom is 0.192 e. The van der Waals surface area contributed by atoms with Gasteiger partial charge in [-0.3, -0.25) is 0 Å². The van der Waals surface area contributed by atoms with E-state index in [1.807, 2.05) is 12.4 Å². The lowest BCUT2D eigenvalue weighted by Crippen LogP contribution is -2.14. The first-order chi connectivity index (χ1) is 9.28. The fraction of sp³-hybridized carbons (Fsp3) is 0.333. The second-order valence-corrected chi connectivity index (χ2v) is 5.51. The third-order valence-corrected chi connectivity index (χ3v) is 3.52. The van der Waals surface area contributed by atoms with Gasteiger partial charge in [0.15, 0.2) is 5.16 Å². The molecule has 0 bridgehead atoms. The number of rotatable bonds is 6. The Labute approximate surface area is 118 Å². The zero-order valence-electron chi connectivity index (χ0n) is 11.4. The standard InChI is InChI=1S/C15H19N3S/c1-3-7-16-9-13-10-17-15(18-11-13)19-14-6-4-5-12(2)8-14/h4-6,8,10-11,16H,3,7,9H2,1-2H3. The van der Waals surface area contributed by atoms with Crippen LogP contribution in [0.3, 0.4) is 0 Å². The number of hydrogen-bond donors (Lipinski definition) is 1. The molecule has 1 aromatic carbocycles. The van der Waals surface area contributed by atoms with Crippen molar-refractivity contribution in [2.24, 2.45) is 0 Å². The number of aryl methyl sites for hydroxylation is 1. The van der Waals surface area contributed by atoms with Gasteiger partial charge in [0.1, 0.15) is 0 Å². The molecular formula is C15H19N3S. The second kappa shape index (κ2) is 7.26. The molecule has 0 saturated carbocycles. The summed E-state index contributed by atoms with van der Waals surface area (Å²) in [5, 5.41) is 4.14. The predicted molar refractivity (Wildman–Crippen MR) is 79.3 cm³/mol. The van der Waals surface area contributed by atoms with E-state index in [-0.39, 0.29) is 0 Å². The Bertz CT molecular complexity index is 511. The van der Waals surface area contributed by atoms with Crippen molar-refractivity contribution in [3.8, 4) is 0 Å². The maximum absolute atomic E-state index is 4.39. The highest BCUT2D eigenvalue weighted by Crippen LogP contribution is 2.24. The molecule has 19 heavy (non-hydrogen) atoms. The molecule has 0 spiro atoms. The Kier molecular flexibility index (Phi) is 5.36. The van der Waals surface area contributed by atoms with Crippen LogP contribution in [0.1, 0.15) is 24.5 Å². The Balaban J connectivity index is 1.95. The Hall–Kier alpha value is -1.39. The van der Waals surface area contributed by atoms with E-state index in [4.69, 9.17) is 0 Å². The quantitative estimate of drug-likeness (QED) is 0.646. The highest BCUT2D eigenvalue weighted by Gasteiger charge is 2.01. The molecule has 0 atom stereocenters. The normalized spacial score (nSPS) is 10.6. The van der Waals surface area contributed by atoms with E-state index in [1.165, 1.54) is 10.5 Å². The summed E-state index contributed by atoms with van der Waals surface area (Å²) < 4.78 is 0. The number of aromatic nitrogens is 2.